The zero-order valence-electron chi connectivity index (χ0n) is 40.9. The van der Waals surface area contributed by atoms with Gasteiger partial charge >= 0.3 is 28.5 Å². The van der Waals surface area contributed by atoms with Crippen LogP contribution < -0.4 is 32.6 Å². The van der Waals surface area contributed by atoms with Gasteiger partial charge in [0.05, 0.1) is 18.3 Å². The molecule has 7 rings (SSSR count). The molecule has 6 atom stereocenters. The van der Waals surface area contributed by atoms with Gasteiger partial charge < -0.3 is 65.2 Å². The highest BCUT2D eigenvalue weighted by Gasteiger charge is 2.49. The fraction of sp³-hybridized carbons (Fsp3) is 0.386. The van der Waals surface area contributed by atoms with Crippen molar-refractivity contribution in [1.82, 2.24) is 35.1 Å². The van der Waals surface area contributed by atoms with Gasteiger partial charge in [-0.15, -0.1) is 0 Å². The number of carbonyl (C=O) groups is 3. The van der Waals surface area contributed by atoms with E-state index in [9.17, 15) is 53.0 Å². The fourth-order valence-electron chi connectivity index (χ4n) is 8.30. The average Bonchev–Trinajstić information content (AvgIpc) is 3.88. The number of aromatic nitrogens is 4. The van der Waals surface area contributed by atoms with E-state index in [0.29, 0.717) is 35.6 Å². The summed E-state index contributed by atoms with van der Waals surface area (Å²) in [7, 11) is -9.64. The summed E-state index contributed by atoms with van der Waals surface area (Å²) in [6.07, 6.45) is -6.67. The number of aromatic amines is 1. The normalized spacial score (nSPS) is 18.7. The summed E-state index contributed by atoms with van der Waals surface area (Å²) in [6, 6.07) is 15.3. The van der Waals surface area contributed by atoms with Crippen molar-refractivity contribution in [2.24, 2.45) is 4.99 Å². The molecule has 27 nitrogen and oxygen atoms in total. The van der Waals surface area contributed by atoms with Crippen molar-refractivity contribution in [3.63, 3.8) is 0 Å². The molecular formula is C44H55N10O17P3S. The van der Waals surface area contributed by atoms with Crippen molar-refractivity contribution in [3.8, 4) is 22.5 Å². The molecule has 11 N–H and O–H groups in total. The molecule has 0 bridgehead atoms. The van der Waals surface area contributed by atoms with Gasteiger partial charge in [-0.1, -0.05) is 18.2 Å². The van der Waals surface area contributed by atoms with Gasteiger partial charge in [0.2, 0.25) is 11.9 Å². The summed E-state index contributed by atoms with van der Waals surface area (Å²) in [5, 5.41) is 21.4. The second-order valence-electron chi connectivity index (χ2n) is 17.0. The fourth-order valence-corrected chi connectivity index (χ4v) is 12.1. The number of alkyl carbamates (subject to hydrolysis) is 1. The monoisotopic (exact) mass is 1120 g/mol. The molecule has 0 radical (unpaired) electrons. The van der Waals surface area contributed by atoms with Gasteiger partial charge in [-0.05, 0) is 80.8 Å². The smallest absolute Gasteiger partial charge is 0.456 e. The highest BCUT2D eigenvalue weighted by Crippen LogP contribution is 2.66. The van der Waals surface area contributed by atoms with E-state index in [2.05, 4.69) is 62.4 Å². The van der Waals surface area contributed by atoms with E-state index in [1.54, 1.807) is 24.1 Å². The van der Waals surface area contributed by atoms with E-state index in [4.69, 9.17) is 24.1 Å². The molecular weight excluding hydrogens is 1070 g/mol. The number of aliphatic hydroxyl groups excluding tert-OH is 1. The first-order valence-electron chi connectivity index (χ1n) is 23.1. The van der Waals surface area contributed by atoms with E-state index in [1.807, 2.05) is 58.0 Å². The lowest BCUT2D eigenvalue weighted by molar-refractivity contribution is -0.121. The number of benzene rings is 3. The third-order valence-electron chi connectivity index (χ3n) is 11.6. The lowest BCUT2D eigenvalue weighted by Crippen LogP contribution is -2.41. The minimum atomic E-state index is -5.69. The molecule has 3 aliphatic rings. The van der Waals surface area contributed by atoms with Crippen LogP contribution in [0.4, 0.5) is 16.4 Å². The third-order valence-corrected chi connectivity index (χ3v) is 16.0. The van der Waals surface area contributed by atoms with E-state index < -0.39 is 71.1 Å². The van der Waals surface area contributed by atoms with Gasteiger partial charge in [-0.3, -0.25) is 33.5 Å². The first-order chi connectivity index (χ1) is 35.4. The Morgan fingerprint density at radius 1 is 1.00 bits per heavy atom. The van der Waals surface area contributed by atoms with Crippen LogP contribution >= 0.6 is 22.4 Å². The van der Waals surface area contributed by atoms with Crippen molar-refractivity contribution in [1.29, 1.82) is 0 Å². The molecule has 2 unspecified atom stereocenters. The first kappa shape index (κ1) is 56.8. The molecule has 31 heteroatoms. The Balaban J connectivity index is 0.964. The number of carbonyl (C=O) groups excluding carboxylic acids is 3. The zero-order valence-corrected chi connectivity index (χ0v) is 44.4. The zero-order chi connectivity index (χ0) is 54.6. The summed E-state index contributed by atoms with van der Waals surface area (Å²) >= 11 is 4.08. The van der Waals surface area contributed by atoms with Gasteiger partial charge in [0.1, 0.15) is 23.6 Å². The number of nitrogen functional groups attached to an aromatic ring is 1. The van der Waals surface area contributed by atoms with Crippen LogP contribution in [0.15, 0.2) is 69.1 Å². The molecule has 1 aliphatic carbocycles. The summed E-state index contributed by atoms with van der Waals surface area (Å²) in [6.45, 7) is 3.26. The first-order valence-corrected chi connectivity index (χ1v) is 28.7. The molecule has 75 heavy (non-hydrogen) atoms. The van der Waals surface area contributed by atoms with Crippen molar-refractivity contribution < 1.29 is 75.2 Å². The molecule has 2 aromatic carbocycles. The SMILES string of the molecule is CCN=c1cc2oc3cc(NCC)c(C)cc3c(-c3ccccc3C(=O)N(C)CCCC(=O)NCCNC(=O)O[C@@H]3[C@H](O)[C@@H](COP(=O)(O)OP(=O)(O)OP(O)(O)=S)O[C@H]3n3cnc4c(=O)[nH]c(N)nc43)c-2cc1C. The molecule has 2 aromatic heterocycles. The van der Waals surface area contributed by atoms with Gasteiger partial charge in [0.25, 0.3) is 11.5 Å². The Morgan fingerprint density at radius 2 is 1.73 bits per heavy atom. The number of hydrogen-bond acceptors (Lipinski definition) is 19. The number of H-pyrrole nitrogens is 1. The predicted octanol–water partition coefficient (Wildman–Crippen LogP) is 3.67. The summed E-state index contributed by atoms with van der Waals surface area (Å²) in [4.78, 5) is 107. The molecule has 4 heterocycles. The van der Waals surface area contributed by atoms with Gasteiger partial charge in [0.15, 0.2) is 23.5 Å². The maximum absolute atomic E-state index is 14.3. The Labute approximate surface area is 431 Å². The third kappa shape index (κ3) is 13.7. The minimum Gasteiger partial charge on any atom is -0.456 e. The van der Waals surface area contributed by atoms with Crippen molar-refractivity contribution >= 4 is 85.8 Å². The molecule has 4 aromatic rings. The van der Waals surface area contributed by atoms with E-state index in [0.717, 1.165) is 49.6 Å². The number of hydrogen-bond donors (Lipinski definition) is 10. The van der Waals surface area contributed by atoms with Gasteiger partial charge in [0, 0.05) is 86.1 Å². The number of fused-ring (bicyclic) bond motifs is 3. The predicted molar refractivity (Wildman–Crippen MR) is 274 cm³/mol. The molecule has 0 saturated carbocycles. The number of nitrogens with one attached hydrogen (secondary N) is 4. The van der Waals surface area contributed by atoms with Crippen LogP contribution in [0.5, 0.6) is 0 Å². The number of rotatable bonds is 21. The largest absolute Gasteiger partial charge is 0.488 e. The number of aliphatic hydroxyl groups is 1. The van der Waals surface area contributed by atoms with Crippen LogP contribution in [0.2, 0.25) is 0 Å². The Bertz CT molecular complexity index is 3390. The molecule has 404 valence electrons. The minimum absolute atomic E-state index is 0.0155. The lowest BCUT2D eigenvalue weighted by atomic mass is 9.89. The average molecular weight is 1120 g/mol. The molecule has 0 spiro atoms. The van der Waals surface area contributed by atoms with E-state index >= 15 is 0 Å². The van der Waals surface area contributed by atoms with Crippen LogP contribution in [0.1, 0.15) is 54.4 Å². The number of imidazole rings is 1. The highest BCUT2D eigenvalue weighted by atomic mass is 32.5. The van der Waals surface area contributed by atoms with Crippen LogP contribution in [-0.4, -0.2) is 132 Å². The molecule has 2 aliphatic heterocycles. The second kappa shape index (κ2) is 23.5. The summed E-state index contributed by atoms with van der Waals surface area (Å²) < 4.78 is 55.9. The molecule has 1 fully saturated rings. The number of nitrogens with zero attached hydrogens (tertiary/aromatic N) is 5. The number of ether oxygens (including phenoxy) is 2. The topological polar surface area (TPSA) is 387 Å². The van der Waals surface area contributed by atoms with Crippen molar-refractivity contribution in [2.75, 3.05) is 57.4 Å². The van der Waals surface area contributed by atoms with Crippen molar-refractivity contribution in [3.05, 3.63) is 87.3 Å². The Morgan fingerprint density at radius 3 is 2.45 bits per heavy atom. The molecule has 1 saturated heterocycles. The molecule has 3 amide bonds. The quantitative estimate of drug-likeness (QED) is 0.0279. The Hall–Kier alpha value is -5.96. The van der Waals surface area contributed by atoms with Crippen LogP contribution in [-0.2, 0) is 48.4 Å². The van der Waals surface area contributed by atoms with E-state index in [-0.39, 0.29) is 55.5 Å². The number of aryl methyl sites for hydroxylation is 2. The van der Waals surface area contributed by atoms with Crippen LogP contribution in [0.25, 0.3) is 44.6 Å². The summed E-state index contributed by atoms with van der Waals surface area (Å²) in [5.74, 6) is -0.384. The maximum atomic E-state index is 14.3. The van der Waals surface area contributed by atoms with Gasteiger partial charge in [-0.25, -0.2) is 23.2 Å². The van der Waals surface area contributed by atoms with Crippen molar-refractivity contribution in [2.45, 2.75) is 65.1 Å². The number of amides is 3. The van der Waals surface area contributed by atoms with Gasteiger partial charge in [-0.2, -0.15) is 9.29 Å². The Kier molecular flexibility index (Phi) is 17.8. The maximum Gasteiger partial charge on any atom is 0.488 e. The van der Waals surface area contributed by atoms with E-state index in [1.165, 1.54) is 0 Å². The number of anilines is 2. The second-order valence-corrected chi connectivity index (χ2v) is 22.9. The highest BCUT2D eigenvalue weighted by molar-refractivity contribution is 8.08. The lowest BCUT2D eigenvalue weighted by Gasteiger charge is -2.22. The number of nitrogens with two attached hydrogens (primary N) is 1. The van der Waals surface area contributed by atoms with Crippen LogP contribution in [0, 0.1) is 13.8 Å². The number of phosphoric ester groups is 1. The number of phosphoric acid groups is 2. The standard InChI is InChI=1S/C44H55N10O17P3S/c1-6-46-29-19-31-27(17-23(29)3)35(28-18-24(4)30(47-7-2)20-32(28)67-31)25-11-8-9-12-26(25)41(58)53(5)16-10-13-34(55)48-14-15-49-44(59)69-38-37(56)33(21-66-72(60,61)70-73(62,63)71-74(64,65)75)68-42(38)54-22-50-36-39(54)51-43(45)52-40(36)57/h8-9,11-12,17-20,22,33,37-38,42,46,56H,6-7,10,13-16,21H2,1-5H3,(H,48,55)(H,49,59)(H,60,61)(H,62,63)(H2,64,65,75)(H3,45,51,52,57)/t33-,37-,38-,42-/m1/s1. The summed E-state index contributed by atoms with van der Waals surface area (Å²) in [5.41, 5.74) is 10.8. The van der Waals surface area contributed by atoms with Crippen LogP contribution in [0.3, 0.4) is 0 Å².